The highest BCUT2D eigenvalue weighted by Crippen LogP contribution is 2.27. The zero-order valence-electron chi connectivity index (χ0n) is 8.99. The second-order valence-electron chi connectivity index (χ2n) is 3.61. The molecule has 17 heavy (non-hydrogen) atoms. The molecule has 2 N–H and O–H groups in total. The van der Waals surface area contributed by atoms with Gasteiger partial charge in [-0.1, -0.05) is 23.7 Å². The standard InChI is InChI=1S/C13H11ClINO/c14-12-6-5-11(16)7-13(12)17-8-9-1-3-10(15)4-2-9/h1-7H,8,16H2. The Labute approximate surface area is 119 Å². The average Bonchev–Trinajstić information content (AvgIpc) is 2.32. The van der Waals surface area contributed by atoms with Crippen LogP contribution in [0, 0.1) is 3.57 Å². The fourth-order valence-corrected chi connectivity index (χ4v) is 1.90. The lowest BCUT2D eigenvalue weighted by Gasteiger charge is -2.08. The van der Waals surface area contributed by atoms with Crippen molar-refractivity contribution in [1.29, 1.82) is 0 Å². The molecule has 0 aliphatic carbocycles. The lowest BCUT2D eigenvalue weighted by atomic mass is 10.2. The second-order valence-corrected chi connectivity index (χ2v) is 5.26. The smallest absolute Gasteiger partial charge is 0.140 e. The Kier molecular flexibility index (Phi) is 4.12. The number of hydrogen-bond donors (Lipinski definition) is 1. The number of halogens is 2. The molecule has 2 rings (SSSR count). The maximum Gasteiger partial charge on any atom is 0.140 e. The highest BCUT2D eigenvalue weighted by atomic mass is 127. The van der Waals surface area contributed by atoms with Gasteiger partial charge in [0.25, 0.3) is 0 Å². The minimum absolute atomic E-state index is 0.486. The quantitative estimate of drug-likeness (QED) is 0.661. The van der Waals surface area contributed by atoms with Crippen LogP contribution in [0.1, 0.15) is 5.56 Å². The van der Waals surface area contributed by atoms with Crippen molar-refractivity contribution < 1.29 is 4.74 Å². The van der Waals surface area contributed by atoms with Crippen molar-refractivity contribution >= 4 is 39.9 Å². The Morgan fingerprint density at radius 2 is 1.82 bits per heavy atom. The van der Waals surface area contributed by atoms with E-state index in [4.69, 9.17) is 22.1 Å². The van der Waals surface area contributed by atoms with E-state index < -0.39 is 0 Å². The molecule has 0 aromatic heterocycles. The number of nitrogens with two attached hydrogens (primary N) is 1. The largest absolute Gasteiger partial charge is 0.487 e. The summed E-state index contributed by atoms with van der Waals surface area (Å²) in [6, 6.07) is 13.4. The minimum atomic E-state index is 0.486. The minimum Gasteiger partial charge on any atom is -0.487 e. The molecule has 0 fully saturated rings. The normalized spacial score (nSPS) is 10.2. The predicted octanol–water partition coefficient (Wildman–Crippen LogP) is 4.11. The maximum absolute atomic E-state index is 6.01. The summed E-state index contributed by atoms with van der Waals surface area (Å²) >= 11 is 8.27. The molecule has 0 heterocycles. The molecule has 2 nitrogen and oxygen atoms in total. The van der Waals surface area contributed by atoms with E-state index in [1.165, 1.54) is 3.57 Å². The fraction of sp³-hybridized carbons (Fsp3) is 0.0769. The molecule has 2 aromatic rings. The molecule has 2 aromatic carbocycles. The molecule has 0 aliphatic heterocycles. The highest BCUT2D eigenvalue weighted by molar-refractivity contribution is 14.1. The summed E-state index contributed by atoms with van der Waals surface area (Å²) < 4.78 is 6.83. The Balaban J connectivity index is 2.07. The van der Waals surface area contributed by atoms with E-state index >= 15 is 0 Å². The summed E-state index contributed by atoms with van der Waals surface area (Å²) in [4.78, 5) is 0. The van der Waals surface area contributed by atoms with Crippen LogP contribution in [0.3, 0.4) is 0 Å². The molecular weight excluding hydrogens is 349 g/mol. The van der Waals surface area contributed by atoms with Crippen molar-refractivity contribution in [3.63, 3.8) is 0 Å². The molecule has 0 radical (unpaired) electrons. The Morgan fingerprint density at radius 3 is 2.53 bits per heavy atom. The predicted molar refractivity (Wildman–Crippen MR) is 79.4 cm³/mol. The molecule has 0 aliphatic rings. The number of benzene rings is 2. The van der Waals surface area contributed by atoms with Crippen molar-refractivity contribution in [3.05, 3.63) is 56.6 Å². The van der Waals surface area contributed by atoms with Crippen LogP contribution in [0.4, 0.5) is 5.69 Å². The molecule has 0 saturated carbocycles. The summed E-state index contributed by atoms with van der Waals surface area (Å²) in [6.07, 6.45) is 0. The van der Waals surface area contributed by atoms with Gasteiger partial charge in [-0.2, -0.15) is 0 Å². The molecule has 0 atom stereocenters. The summed E-state index contributed by atoms with van der Waals surface area (Å²) in [5, 5.41) is 0.574. The van der Waals surface area contributed by atoms with Gasteiger partial charge in [-0.3, -0.25) is 0 Å². The zero-order chi connectivity index (χ0) is 12.3. The van der Waals surface area contributed by atoms with Crippen molar-refractivity contribution in [3.8, 4) is 5.75 Å². The van der Waals surface area contributed by atoms with Gasteiger partial charge in [0.1, 0.15) is 12.4 Å². The topological polar surface area (TPSA) is 35.2 Å². The van der Waals surface area contributed by atoms with E-state index in [2.05, 4.69) is 22.6 Å². The Hall–Kier alpha value is -0.940. The fourth-order valence-electron chi connectivity index (χ4n) is 1.37. The van der Waals surface area contributed by atoms with E-state index in [1.54, 1.807) is 18.2 Å². The van der Waals surface area contributed by atoms with E-state index in [1.807, 2.05) is 24.3 Å². The van der Waals surface area contributed by atoms with Gasteiger partial charge in [-0.15, -0.1) is 0 Å². The van der Waals surface area contributed by atoms with Gasteiger partial charge in [0.2, 0.25) is 0 Å². The number of hydrogen-bond acceptors (Lipinski definition) is 2. The van der Waals surface area contributed by atoms with Crippen LogP contribution in [-0.4, -0.2) is 0 Å². The molecule has 4 heteroatoms. The van der Waals surface area contributed by atoms with Gasteiger partial charge in [0.05, 0.1) is 5.02 Å². The van der Waals surface area contributed by atoms with Crippen molar-refractivity contribution in [2.24, 2.45) is 0 Å². The highest BCUT2D eigenvalue weighted by Gasteiger charge is 2.02. The SMILES string of the molecule is Nc1ccc(Cl)c(OCc2ccc(I)cc2)c1. The van der Waals surface area contributed by atoms with E-state index in [9.17, 15) is 0 Å². The Bertz CT molecular complexity index is 513. The van der Waals surface area contributed by atoms with E-state index in [0.29, 0.717) is 23.1 Å². The molecule has 0 saturated heterocycles. The second kappa shape index (κ2) is 5.60. The monoisotopic (exact) mass is 359 g/mol. The summed E-state index contributed by atoms with van der Waals surface area (Å²) in [6.45, 7) is 0.486. The average molecular weight is 360 g/mol. The van der Waals surface area contributed by atoms with Gasteiger partial charge in [-0.25, -0.2) is 0 Å². The number of nitrogen functional groups attached to an aromatic ring is 1. The van der Waals surface area contributed by atoms with Crippen LogP contribution in [0.25, 0.3) is 0 Å². The lowest BCUT2D eigenvalue weighted by Crippen LogP contribution is -1.97. The van der Waals surface area contributed by atoms with Gasteiger partial charge in [0.15, 0.2) is 0 Å². The van der Waals surface area contributed by atoms with Crippen LogP contribution >= 0.6 is 34.2 Å². The molecule has 88 valence electrons. The third-order valence-corrected chi connectivity index (χ3v) is 3.29. The van der Waals surface area contributed by atoms with Crippen molar-refractivity contribution in [2.45, 2.75) is 6.61 Å². The Morgan fingerprint density at radius 1 is 1.12 bits per heavy atom. The summed E-state index contributed by atoms with van der Waals surface area (Å²) in [5.41, 5.74) is 7.42. The first kappa shape index (κ1) is 12.5. The molecule has 0 bridgehead atoms. The van der Waals surface area contributed by atoms with Gasteiger partial charge >= 0.3 is 0 Å². The van der Waals surface area contributed by atoms with E-state index in [0.717, 1.165) is 5.56 Å². The van der Waals surface area contributed by atoms with Crippen LogP contribution in [0.5, 0.6) is 5.75 Å². The van der Waals surface area contributed by atoms with Crippen LogP contribution in [0.15, 0.2) is 42.5 Å². The van der Waals surface area contributed by atoms with Crippen molar-refractivity contribution in [1.82, 2.24) is 0 Å². The molecule has 0 amide bonds. The summed E-state index contributed by atoms with van der Waals surface area (Å²) in [7, 11) is 0. The first-order valence-corrected chi connectivity index (χ1v) is 6.53. The number of anilines is 1. The van der Waals surface area contributed by atoms with Gasteiger partial charge in [-0.05, 0) is 52.4 Å². The van der Waals surface area contributed by atoms with Crippen LogP contribution in [0.2, 0.25) is 5.02 Å². The van der Waals surface area contributed by atoms with Gasteiger partial charge in [0, 0.05) is 15.3 Å². The van der Waals surface area contributed by atoms with E-state index in [-0.39, 0.29) is 0 Å². The third-order valence-electron chi connectivity index (χ3n) is 2.26. The van der Waals surface area contributed by atoms with Crippen LogP contribution < -0.4 is 10.5 Å². The van der Waals surface area contributed by atoms with Crippen LogP contribution in [-0.2, 0) is 6.61 Å². The van der Waals surface area contributed by atoms with Crippen molar-refractivity contribution in [2.75, 3.05) is 5.73 Å². The molecule has 0 spiro atoms. The molecular formula is C13H11ClINO. The maximum atomic E-state index is 6.01. The molecule has 0 unspecified atom stereocenters. The summed E-state index contributed by atoms with van der Waals surface area (Å²) in [5.74, 6) is 0.616. The number of ether oxygens (including phenoxy) is 1. The zero-order valence-corrected chi connectivity index (χ0v) is 11.9. The van der Waals surface area contributed by atoms with Gasteiger partial charge < -0.3 is 10.5 Å². The lowest BCUT2D eigenvalue weighted by molar-refractivity contribution is 0.306. The third kappa shape index (κ3) is 3.51. The first-order valence-electron chi connectivity index (χ1n) is 5.07. The number of rotatable bonds is 3. The first-order chi connectivity index (χ1) is 8.15.